The van der Waals surface area contributed by atoms with Crippen molar-refractivity contribution in [2.24, 2.45) is 0 Å². The van der Waals surface area contributed by atoms with Crippen molar-refractivity contribution < 1.29 is 4.79 Å². The van der Waals surface area contributed by atoms with Gasteiger partial charge in [0.1, 0.15) is 5.78 Å². The Morgan fingerprint density at radius 1 is 0.520 bits per heavy atom. The van der Waals surface area contributed by atoms with E-state index in [0.29, 0.717) is 0 Å². The Kier molecular flexibility index (Phi) is 10.3. The Morgan fingerprint density at radius 3 is 1.20 bits per heavy atom. The van der Waals surface area contributed by atoms with E-state index in [-0.39, 0.29) is 17.6 Å². The van der Waals surface area contributed by atoms with Crippen LogP contribution in [0.5, 0.6) is 0 Å². The number of fused-ring (bicyclic) bond motifs is 2. The van der Waals surface area contributed by atoms with Crippen LogP contribution in [0.3, 0.4) is 0 Å². The standard InChI is InChI=1S/C45H50N4O/c1-9-48(10-2)43-25-29(5)46-41-27-37(21-23-39(41)43)35-17-13-33(14-18-35)31(7)45(50)32(8)34-15-19-36(20-16-34)38-22-24-40-42(28-38)47-30(6)26-44(40)49(11-3)12-4/h13-28,31-32H,9-12H2,1-8H3. The first kappa shape index (κ1) is 34.8. The molecule has 0 aliphatic rings. The van der Waals surface area contributed by atoms with Crippen molar-refractivity contribution in [3.63, 3.8) is 0 Å². The van der Waals surface area contributed by atoms with Gasteiger partial charge in [-0.1, -0.05) is 86.6 Å². The summed E-state index contributed by atoms with van der Waals surface area (Å²) in [6, 6.07) is 34.4. The van der Waals surface area contributed by atoms with Crippen molar-refractivity contribution >= 4 is 39.0 Å². The number of benzene rings is 4. The number of aryl methyl sites for hydroxylation is 2. The second kappa shape index (κ2) is 14.8. The van der Waals surface area contributed by atoms with E-state index in [9.17, 15) is 4.79 Å². The highest BCUT2D eigenvalue weighted by Crippen LogP contribution is 2.34. The first-order valence-corrected chi connectivity index (χ1v) is 18.2. The highest BCUT2D eigenvalue weighted by Gasteiger charge is 2.23. The van der Waals surface area contributed by atoms with Gasteiger partial charge < -0.3 is 9.80 Å². The lowest BCUT2D eigenvalue weighted by molar-refractivity contribution is -0.121. The minimum absolute atomic E-state index is 0.217. The quantitative estimate of drug-likeness (QED) is 0.131. The zero-order chi connectivity index (χ0) is 35.5. The van der Waals surface area contributed by atoms with E-state index >= 15 is 0 Å². The molecular formula is C45H50N4O. The summed E-state index contributed by atoms with van der Waals surface area (Å²) in [6.45, 7) is 20.8. The number of aromatic nitrogens is 2. The van der Waals surface area contributed by atoms with Gasteiger partial charge in [-0.05, 0) is 99.2 Å². The van der Waals surface area contributed by atoms with Crippen molar-refractivity contribution in [3.8, 4) is 22.3 Å². The second-order valence-electron chi connectivity index (χ2n) is 13.5. The molecule has 256 valence electrons. The van der Waals surface area contributed by atoms with E-state index in [4.69, 9.17) is 9.97 Å². The molecule has 4 aromatic carbocycles. The Labute approximate surface area is 298 Å². The third kappa shape index (κ3) is 6.87. The topological polar surface area (TPSA) is 49.3 Å². The summed E-state index contributed by atoms with van der Waals surface area (Å²) < 4.78 is 0. The van der Waals surface area contributed by atoms with Crippen LogP contribution >= 0.6 is 0 Å². The van der Waals surface area contributed by atoms with Crippen LogP contribution in [0.2, 0.25) is 0 Å². The van der Waals surface area contributed by atoms with Gasteiger partial charge in [-0.3, -0.25) is 14.8 Å². The third-order valence-electron chi connectivity index (χ3n) is 10.4. The zero-order valence-electron chi connectivity index (χ0n) is 30.9. The van der Waals surface area contributed by atoms with Gasteiger partial charge in [0.05, 0.1) is 11.0 Å². The Morgan fingerprint density at radius 2 is 0.860 bits per heavy atom. The molecule has 50 heavy (non-hydrogen) atoms. The van der Waals surface area contributed by atoms with Gasteiger partial charge in [-0.15, -0.1) is 0 Å². The van der Waals surface area contributed by atoms with Crippen molar-refractivity contribution in [3.05, 3.63) is 120 Å². The lowest BCUT2D eigenvalue weighted by atomic mass is 9.85. The van der Waals surface area contributed by atoms with Crippen LogP contribution in [0.15, 0.2) is 97.1 Å². The van der Waals surface area contributed by atoms with Gasteiger partial charge in [0.25, 0.3) is 0 Å². The number of carbonyl (C=O) groups is 1. The molecule has 6 aromatic rings. The molecule has 0 amide bonds. The molecule has 2 heterocycles. The third-order valence-corrected chi connectivity index (χ3v) is 10.4. The van der Waals surface area contributed by atoms with E-state index < -0.39 is 0 Å². The Balaban J connectivity index is 1.18. The first-order valence-electron chi connectivity index (χ1n) is 18.2. The van der Waals surface area contributed by atoms with E-state index in [2.05, 4.69) is 148 Å². The number of nitrogens with zero attached hydrogens (tertiary/aromatic N) is 4. The van der Waals surface area contributed by atoms with E-state index in [0.717, 1.165) is 82.0 Å². The normalized spacial score (nSPS) is 12.6. The van der Waals surface area contributed by atoms with Crippen molar-refractivity contribution in [1.29, 1.82) is 0 Å². The SMILES string of the molecule is CCN(CC)c1cc(C)nc2cc(-c3ccc(C(C)C(=O)C(C)c4ccc(-c5ccc6c(N(CC)CC)cc(C)nc6c5)cc4)cc3)ccc12. The molecule has 0 bridgehead atoms. The molecule has 5 nitrogen and oxygen atoms in total. The Hall–Kier alpha value is -5.03. The molecule has 2 unspecified atom stereocenters. The van der Waals surface area contributed by atoms with Crippen molar-refractivity contribution in [2.45, 2.75) is 67.2 Å². The van der Waals surface area contributed by atoms with Crippen LogP contribution in [0.25, 0.3) is 44.1 Å². The fourth-order valence-electron chi connectivity index (χ4n) is 7.32. The van der Waals surface area contributed by atoms with Gasteiger partial charge in [-0.25, -0.2) is 0 Å². The van der Waals surface area contributed by atoms with Gasteiger partial charge in [0.2, 0.25) is 0 Å². The summed E-state index contributed by atoms with van der Waals surface area (Å²) in [5.74, 6) is -0.216. The number of pyridine rings is 2. The number of rotatable bonds is 12. The summed E-state index contributed by atoms with van der Waals surface area (Å²) in [4.78, 5) is 28.3. The van der Waals surface area contributed by atoms with Crippen LogP contribution < -0.4 is 9.80 Å². The van der Waals surface area contributed by atoms with E-state index in [1.807, 2.05) is 13.8 Å². The molecule has 0 saturated carbocycles. The van der Waals surface area contributed by atoms with Gasteiger partial charge in [0, 0.05) is 71.5 Å². The van der Waals surface area contributed by atoms with Crippen LogP contribution in [-0.2, 0) is 4.79 Å². The van der Waals surface area contributed by atoms with Crippen LogP contribution in [0, 0.1) is 13.8 Å². The van der Waals surface area contributed by atoms with Crippen LogP contribution in [-0.4, -0.2) is 41.9 Å². The van der Waals surface area contributed by atoms with Crippen LogP contribution in [0.4, 0.5) is 11.4 Å². The molecule has 2 atom stereocenters. The lowest BCUT2D eigenvalue weighted by Gasteiger charge is -2.23. The predicted octanol–water partition coefficient (Wildman–Crippen LogP) is 10.9. The number of carbonyl (C=O) groups excluding carboxylic acids is 1. The summed E-state index contributed by atoms with van der Waals surface area (Å²) in [7, 11) is 0. The molecule has 0 fully saturated rings. The predicted molar refractivity (Wildman–Crippen MR) is 213 cm³/mol. The Bertz CT molecular complexity index is 1970. The summed E-state index contributed by atoms with van der Waals surface area (Å²) in [6.07, 6.45) is 0. The summed E-state index contributed by atoms with van der Waals surface area (Å²) in [5.41, 5.74) is 13.1. The number of hydrogen-bond donors (Lipinski definition) is 0. The second-order valence-corrected chi connectivity index (χ2v) is 13.5. The number of ketones is 1. The highest BCUT2D eigenvalue weighted by atomic mass is 16.1. The van der Waals surface area contributed by atoms with Gasteiger partial charge in [0.15, 0.2) is 0 Å². The maximum absolute atomic E-state index is 13.8. The highest BCUT2D eigenvalue weighted by molar-refractivity contribution is 5.96. The summed E-state index contributed by atoms with van der Waals surface area (Å²) in [5, 5.41) is 2.35. The minimum atomic E-state index is -0.217. The van der Waals surface area contributed by atoms with E-state index in [1.54, 1.807) is 0 Å². The molecule has 0 N–H and O–H groups in total. The number of anilines is 2. The van der Waals surface area contributed by atoms with E-state index in [1.165, 1.54) is 22.1 Å². The molecular weight excluding hydrogens is 613 g/mol. The minimum Gasteiger partial charge on any atom is -0.371 e. The molecule has 2 aromatic heterocycles. The molecule has 5 heteroatoms. The van der Waals surface area contributed by atoms with Gasteiger partial charge in [-0.2, -0.15) is 0 Å². The molecule has 0 spiro atoms. The monoisotopic (exact) mass is 662 g/mol. The maximum atomic E-state index is 13.8. The van der Waals surface area contributed by atoms with Crippen LogP contribution in [0.1, 0.15) is 75.9 Å². The lowest BCUT2D eigenvalue weighted by Crippen LogP contribution is -2.22. The molecule has 0 saturated heterocycles. The summed E-state index contributed by atoms with van der Waals surface area (Å²) >= 11 is 0. The average molecular weight is 663 g/mol. The fourth-order valence-corrected chi connectivity index (χ4v) is 7.32. The first-order chi connectivity index (χ1) is 24.1. The fraction of sp³-hybridized carbons (Fsp3) is 0.311. The number of Topliss-reactive ketones (excluding diaryl/α,β-unsaturated/α-hetero) is 1. The smallest absolute Gasteiger partial charge is 0.147 e. The van der Waals surface area contributed by atoms with Gasteiger partial charge >= 0.3 is 0 Å². The largest absolute Gasteiger partial charge is 0.371 e. The molecule has 0 aliphatic heterocycles. The number of hydrogen-bond acceptors (Lipinski definition) is 5. The molecule has 0 aliphatic carbocycles. The average Bonchev–Trinajstić information content (AvgIpc) is 3.14. The van der Waals surface area contributed by atoms with Crippen molar-refractivity contribution in [1.82, 2.24) is 9.97 Å². The maximum Gasteiger partial charge on any atom is 0.147 e. The van der Waals surface area contributed by atoms with Crippen molar-refractivity contribution in [2.75, 3.05) is 36.0 Å². The molecule has 0 radical (unpaired) electrons. The zero-order valence-corrected chi connectivity index (χ0v) is 30.9. The molecule has 6 rings (SSSR count).